The first-order chi connectivity index (χ1) is 9.52. The smallest absolute Gasteiger partial charge is 0.233 e. The van der Waals surface area contributed by atoms with E-state index in [4.69, 9.17) is 0 Å². The Labute approximate surface area is 118 Å². The predicted octanol–water partition coefficient (Wildman–Crippen LogP) is 3.75. The van der Waals surface area contributed by atoms with Crippen LogP contribution in [0.1, 0.15) is 20.7 Å². The van der Waals surface area contributed by atoms with E-state index in [2.05, 4.69) is 0 Å². The van der Waals surface area contributed by atoms with Gasteiger partial charge in [-0.1, -0.05) is 0 Å². The summed E-state index contributed by atoms with van der Waals surface area (Å²) in [6, 6.07) is 9.15. The molecule has 0 heterocycles. The van der Waals surface area contributed by atoms with Gasteiger partial charge in [0.2, 0.25) is 11.6 Å². The summed E-state index contributed by atoms with van der Waals surface area (Å²) >= 11 is 1.51. The number of carbonyl (C=O) groups excluding carboxylic acids is 2. The average molecular weight is 292 g/mol. The average Bonchev–Trinajstić information content (AvgIpc) is 2.48. The van der Waals surface area contributed by atoms with E-state index in [1.165, 1.54) is 23.9 Å². The highest BCUT2D eigenvalue weighted by Gasteiger charge is 2.19. The van der Waals surface area contributed by atoms with Crippen molar-refractivity contribution in [3.63, 3.8) is 0 Å². The molecule has 0 spiro atoms. The molecule has 2 nitrogen and oxygen atoms in total. The third-order valence-electron chi connectivity index (χ3n) is 2.74. The van der Waals surface area contributed by atoms with E-state index in [1.807, 2.05) is 6.26 Å². The van der Waals surface area contributed by atoms with Crippen LogP contribution in [-0.2, 0) is 0 Å². The predicted molar refractivity (Wildman–Crippen MR) is 73.2 cm³/mol. The van der Waals surface area contributed by atoms with Gasteiger partial charge in [0.15, 0.2) is 11.6 Å². The van der Waals surface area contributed by atoms with Crippen molar-refractivity contribution in [3.05, 3.63) is 65.2 Å². The van der Waals surface area contributed by atoms with Crippen LogP contribution in [0.3, 0.4) is 0 Å². The number of hydrogen-bond acceptors (Lipinski definition) is 3. The maximum absolute atomic E-state index is 13.1. The van der Waals surface area contributed by atoms with Crippen LogP contribution in [0.4, 0.5) is 8.78 Å². The second kappa shape index (κ2) is 5.96. The number of carbonyl (C=O) groups is 2. The second-order valence-corrected chi connectivity index (χ2v) is 4.90. The molecule has 0 radical (unpaired) electrons. The number of thioether (sulfide) groups is 1. The fourth-order valence-electron chi connectivity index (χ4n) is 1.64. The summed E-state index contributed by atoms with van der Waals surface area (Å²) in [5.41, 5.74) is 0.0559. The zero-order chi connectivity index (χ0) is 14.7. The lowest BCUT2D eigenvalue weighted by Crippen LogP contribution is -2.14. The zero-order valence-corrected chi connectivity index (χ0v) is 11.3. The fraction of sp³-hybridized carbons (Fsp3) is 0.0667. The summed E-state index contributed by atoms with van der Waals surface area (Å²) in [6.07, 6.45) is 1.89. The van der Waals surface area contributed by atoms with Crippen molar-refractivity contribution in [1.29, 1.82) is 0 Å². The normalized spacial score (nSPS) is 10.3. The van der Waals surface area contributed by atoms with Gasteiger partial charge in [0, 0.05) is 16.0 Å². The Balaban J connectivity index is 2.27. The third kappa shape index (κ3) is 2.93. The molecule has 2 aromatic rings. The molecule has 0 aromatic heterocycles. The monoisotopic (exact) mass is 292 g/mol. The highest BCUT2D eigenvalue weighted by Crippen LogP contribution is 2.17. The van der Waals surface area contributed by atoms with Gasteiger partial charge in [0.05, 0.1) is 0 Å². The van der Waals surface area contributed by atoms with Crippen molar-refractivity contribution in [3.8, 4) is 0 Å². The Morgan fingerprint density at radius 3 is 1.95 bits per heavy atom. The van der Waals surface area contributed by atoms with E-state index >= 15 is 0 Å². The molecule has 2 aromatic carbocycles. The van der Waals surface area contributed by atoms with Gasteiger partial charge in [-0.2, -0.15) is 0 Å². The van der Waals surface area contributed by atoms with Crippen molar-refractivity contribution in [2.45, 2.75) is 4.90 Å². The molecule has 0 saturated heterocycles. The quantitative estimate of drug-likeness (QED) is 0.489. The summed E-state index contributed by atoms with van der Waals surface area (Å²) in [5, 5.41) is 0. The first kappa shape index (κ1) is 14.4. The Hall–Kier alpha value is -2.01. The first-order valence-electron chi connectivity index (χ1n) is 5.71. The van der Waals surface area contributed by atoms with E-state index in [9.17, 15) is 18.4 Å². The van der Waals surface area contributed by atoms with Crippen molar-refractivity contribution < 1.29 is 18.4 Å². The molecule has 20 heavy (non-hydrogen) atoms. The molecular formula is C15H10F2O2S. The summed E-state index contributed by atoms with van der Waals surface area (Å²) in [6.45, 7) is 0. The SMILES string of the molecule is CSc1ccc(C(=O)C(=O)c2ccc(F)c(F)c2)cc1. The van der Waals surface area contributed by atoms with Crippen LogP contribution >= 0.6 is 11.8 Å². The van der Waals surface area contributed by atoms with Crippen LogP contribution in [0.25, 0.3) is 0 Å². The van der Waals surface area contributed by atoms with Crippen molar-refractivity contribution in [2.75, 3.05) is 6.26 Å². The molecule has 102 valence electrons. The van der Waals surface area contributed by atoms with Gasteiger partial charge >= 0.3 is 0 Å². The van der Waals surface area contributed by atoms with Crippen LogP contribution in [-0.4, -0.2) is 17.8 Å². The minimum absolute atomic E-state index is 0.164. The fourth-order valence-corrected chi connectivity index (χ4v) is 2.05. The topological polar surface area (TPSA) is 34.1 Å². The maximum Gasteiger partial charge on any atom is 0.233 e. The minimum atomic E-state index is -1.15. The highest BCUT2D eigenvalue weighted by molar-refractivity contribution is 7.98. The molecule has 0 aliphatic rings. The molecular weight excluding hydrogens is 282 g/mol. The molecule has 0 unspecified atom stereocenters. The van der Waals surface area contributed by atoms with Gasteiger partial charge in [-0.05, 0) is 48.7 Å². The van der Waals surface area contributed by atoms with Gasteiger partial charge in [0.1, 0.15) is 0 Å². The number of benzene rings is 2. The van der Waals surface area contributed by atoms with Crippen molar-refractivity contribution >= 4 is 23.3 Å². The number of ketones is 2. The number of hydrogen-bond donors (Lipinski definition) is 0. The zero-order valence-electron chi connectivity index (χ0n) is 10.5. The number of halogens is 2. The third-order valence-corrected chi connectivity index (χ3v) is 3.48. The maximum atomic E-state index is 13.1. The Morgan fingerprint density at radius 2 is 1.40 bits per heavy atom. The van der Waals surface area contributed by atoms with Crippen LogP contribution < -0.4 is 0 Å². The minimum Gasteiger partial charge on any atom is -0.285 e. The summed E-state index contributed by atoms with van der Waals surface area (Å²) in [5.74, 6) is -3.82. The molecule has 0 amide bonds. The Kier molecular flexibility index (Phi) is 4.29. The summed E-state index contributed by atoms with van der Waals surface area (Å²) < 4.78 is 25.9. The number of rotatable bonds is 4. The van der Waals surface area contributed by atoms with Gasteiger partial charge in [0.25, 0.3) is 0 Å². The van der Waals surface area contributed by atoms with E-state index in [0.717, 1.165) is 23.1 Å². The van der Waals surface area contributed by atoms with Crippen LogP contribution in [0.2, 0.25) is 0 Å². The standard InChI is InChI=1S/C15H10F2O2S/c1-20-11-5-2-9(3-6-11)14(18)15(19)10-4-7-12(16)13(17)8-10/h2-8H,1H3. The molecule has 0 atom stereocenters. The molecule has 0 fully saturated rings. The first-order valence-corrected chi connectivity index (χ1v) is 6.93. The lowest BCUT2D eigenvalue weighted by molar-refractivity contribution is 0.0816. The van der Waals surface area contributed by atoms with Gasteiger partial charge in [-0.3, -0.25) is 9.59 Å². The van der Waals surface area contributed by atoms with Crippen molar-refractivity contribution in [1.82, 2.24) is 0 Å². The van der Waals surface area contributed by atoms with E-state index < -0.39 is 23.2 Å². The van der Waals surface area contributed by atoms with E-state index in [0.29, 0.717) is 0 Å². The van der Waals surface area contributed by atoms with E-state index in [1.54, 1.807) is 12.1 Å². The summed E-state index contributed by atoms with van der Waals surface area (Å²) in [4.78, 5) is 24.8. The molecule has 0 saturated carbocycles. The molecule has 2 rings (SSSR count). The Morgan fingerprint density at radius 1 is 0.850 bits per heavy atom. The molecule has 0 N–H and O–H groups in total. The van der Waals surface area contributed by atoms with Crippen LogP contribution in [0, 0.1) is 11.6 Å². The van der Waals surface area contributed by atoms with Crippen LogP contribution in [0.15, 0.2) is 47.4 Å². The van der Waals surface area contributed by atoms with Gasteiger partial charge < -0.3 is 0 Å². The molecule has 0 aliphatic heterocycles. The second-order valence-electron chi connectivity index (χ2n) is 4.02. The van der Waals surface area contributed by atoms with Crippen molar-refractivity contribution in [2.24, 2.45) is 0 Å². The lowest BCUT2D eigenvalue weighted by Gasteiger charge is -2.02. The van der Waals surface area contributed by atoms with Gasteiger partial charge in [-0.15, -0.1) is 11.8 Å². The van der Waals surface area contributed by atoms with Gasteiger partial charge in [-0.25, -0.2) is 8.78 Å². The lowest BCUT2D eigenvalue weighted by atomic mass is 10.0. The molecule has 5 heteroatoms. The molecule has 0 aliphatic carbocycles. The van der Waals surface area contributed by atoms with E-state index in [-0.39, 0.29) is 11.1 Å². The molecule has 0 bridgehead atoms. The van der Waals surface area contributed by atoms with Crippen LogP contribution in [0.5, 0.6) is 0 Å². The summed E-state index contributed by atoms with van der Waals surface area (Å²) in [7, 11) is 0. The largest absolute Gasteiger partial charge is 0.285 e. The Bertz CT molecular complexity index is 666. The number of Topliss-reactive ketones (excluding diaryl/α,β-unsaturated/α-hetero) is 2. The highest BCUT2D eigenvalue weighted by atomic mass is 32.2.